The van der Waals surface area contributed by atoms with Gasteiger partial charge in [0.15, 0.2) is 5.96 Å². The van der Waals surface area contributed by atoms with Crippen molar-refractivity contribution in [1.82, 2.24) is 16.0 Å². The average molecular weight is 214 g/mol. The molecule has 0 fully saturated rings. The predicted molar refractivity (Wildman–Crippen MR) is 62.9 cm³/mol. The molecule has 5 heteroatoms. The van der Waals surface area contributed by atoms with Crippen molar-refractivity contribution in [2.45, 2.75) is 33.7 Å². The summed E-state index contributed by atoms with van der Waals surface area (Å²) in [5.74, 6) is 0.622. The van der Waals surface area contributed by atoms with E-state index >= 15 is 0 Å². The van der Waals surface area contributed by atoms with E-state index in [0.29, 0.717) is 18.5 Å². The fourth-order valence-corrected chi connectivity index (χ4v) is 0.997. The van der Waals surface area contributed by atoms with Crippen molar-refractivity contribution in [1.29, 1.82) is 0 Å². The molecule has 0 aliphatic heterocycles. The molecule has 5 nitrogen and oxygen atoms in total. The number of carbonyl (C=O) groups is 1. The lowest BCUT2D eigenvalue weighted by molar-refractivity contribution is -0.119. The van der Waals surface area contributed by atoms with Gasteiger partial charge in [0.05, 0.1) is 0 Å². The Hall–Kier alpha value is -1.26. The van der Waals surface area contributed by atoms with Crippen LogP contribution in [0.5, 0.6) is 0 Å². The Kier molecular flexibility index (Phi) is 7.40. The summed E-state index contributed by atoms with van der Waals surface area (Å²) in [6.45, 7) is 9.52. The number of amides is 1. The first kappa shape index (κ1) is 13.7. The SMILES string of the molecule is CCNC(=O)CN=C(NCC)NC(C)C. The first-order valence-electron chi connectivity index (χ1n) is 5.41. The zero-order chi connectivity index (χ0) is 11.7. The van der Waals surface area contributed by atoms with Gasteiger partial charge >= 0.3 is 0 Å². The average Bonchev–Trinajstić information content (AvgIpc) is 2.14. The van der Waals surface area contributed by atoms with Gasteiger partial charge in [-0.2, -0.15) is 0 Å². The van der Waals surface area contributed by atoms with Crippen molar-refractivity contribution in [3.63, 3.8) is 0 Å². The third kappa shape index (κ3) is 7.78. The molecule has 0 saturated heterocycles. The molecule has 0 aromatic rings. The Morgan fingerprint density at radius 2 is 1.80 bits per heavy atom. The number of guanidine groups is 1. The maximum atomic E-state index is 11.2. The van der Waals surface area contributed by atoms with Gasteiger partial charge < -0.3 is 16.0 Å². The maximum Gasteiger partial charge on any atom is 0.241 e. The first-order valence-corrected chi connectivity index (χ1v) is 5.41. The molecule has 0 aliphatic carbocycles. The Morgan fingerprint density at radius 3 is 2.27 bits per heavy atom. The van der Waals surface area contributed by atoms with E-state index in [1.54, 1.807) is 0 Å². The maximum absolute atomic E-state index is 11.2. The van der Waals surface area contributed by atoms with Crippen LogP contribution < -0.4 is 16.0 Å². The van der Waals surface area contributed by atoms with Gasteiger partial charge in [0, 0.05) is 19.1 Å². The second kappa shape index (κ2) is 8.08. The molecular weight excluding hydrogens is 192 g/mol. The fourth-order valence-electron chi connectivity index (χ4n) is 0.997. The normalized spacial score (nSPS) is 11.4. The van der Waals surface area contributed by atoms with Gasteiger partial charge in [-0.15, -0.1) is 0 Å². The van der Waals surface area contributed by atoms with Crippen molar-refractivity contribution in [3.8, 4) is 0 Å². The lowest BCUT2D eigenvalue weighted by Gasteiger charge is -2.13. The van der Waals surface area contributed by atoms with Crippen LogP contribution in [-0.2, 0) is 4.79 Å². The summed E-state index contributed by atoms with van der Waals surface area (Å²) >= 11 is 0. The highest BCUT2D eigenvalue weighted by atomic mass is 16.1. The molecule has 0 spiro atoms. The molecule has 0 saturated carbocycles. The van der Waals surface area contributed by atoms with Crippen LogP contribution in [0.3, 0.4) is 0 Å². The van der Waals surface area contributed by atoms with Gasteiger partial charge in [-0.05, 0) is 27.7 Å². The van der Waals surface area contributed by atoms with Crippen molar-refractivity contribution in [2.75, 3.05) is 19.6 Å². The summed E-state index contributed by atoms with van der Waals surface area (Å²) in [5, 5.41) is 8.90. The quantitative estimate of drug-likeness (QED) is 0.449. The van der Waals surface area contributed by atoms with Gasteiger partial charge in [-0.25, -0.2) is 4.99 Å². The van der Waals surface area contributed by atoms with Gasteiger partial charge in [0.2, 0.25) is 5.91 Å². The van der Waals surface area contributed by atoms with E-state index in [2.05, 4.69) is 20.9 Å². The van der Waals surface area contributed by atoms with E-state index in [1.165, 1.54) is 0 Å². The minimum atomic E-state index is -0.0570. The van der Waals surface area contributed by atoms with E-state index in [4.69, 9.17) is 0 Å². The van der Waals surface area contributed by atoms with Crippen LogP contribution in [0, 0.1) is 0 Å². The van der Waals surface area contributed by atoms with Crippen LogP contribution in [0.1, 0.15) is 27.7 Å². The molecular formula is C10H22N4O. The van der Waals surface area contributed by atoms with Crippen LogP contribution in [0.2, 0.25) is 0 Å². The van der Waals surface area contributed by atoms with Gasteiger partial charge in [-0.3, -0.25) is 4.79 Å². The summed E-state index contributed by atoms with van der Waals surface area (Å²) in [6.07, 6.45) is 0. The molecule has 0 radical (unpaired) electrons. The second-order valence-corrected chi connectivity index (χ2v) is 3.45. The molecule has 15 heavy (non-hydrogen) atoms. The Morgan fingerprint density at radius 1 is 1.20 bits per heavy atom. The highest BCUT2D eigenvalue weighted by Crippen LogP contribution is 1.79. The topological polar surface area (TPSA) is 65.5 Å². The van der Waals surface area contributed by atoms with Crippen LogP contribution in [0.4, 0.5) is 0 Å². The van der Waals surface area contributed by atoms with E-state index in [9.17, 15) is 4.79 Å². The number of rotatable bonds is 5. The number of hydrogen-bond donors (Lipinski definition) is 3. The number of likely N-dealkylation sites (N-methyl/N-ethyl adjacent to an activating group) is 1. The molecule has 0 aliphatic rings. The second-order valence-electron chi connectivity index (χ2n) is 3.45. The standard InChI is InChI=1S/C10H22N4O/c1-5-11-9(15)7-13-10(12-6-2)14-8(3)4/h8H,5-7H2,1-4H3,(H,11,15)(H2,12,13,14). The minimum Gasteiger partial charge on any atom is -0.357 e. The smallest absolute Gasteiger partial charge is 0.241 e. The Bertz CT molecular complexity index is 213. The highest BCUT2D eigenvalue weighted by molar-refractivity contribution is 5.84. The van der Waals surface area contributed by atoms with E-state index in [1.807, 2.05) is 27.7 Å². The third-order valence-electron chi connectivity index (χ3n) is 1.52. The monoisotopic (exact) mass is 214 g/mol. The van der Waals surface area contributed by atoms with E-state index < -0.39 is 0 Å². The molecule has 0 heterocycles. The number of nitrogens with one attached hydrogen (secondary N) is 3. The number of nitrogens with zero attached hydrogens (tertiary/aromatic N) is 1. The fraction of sp³-hybridized carbons (Fsp3) is 0.800. The van der Waals surface area contributed by atoms with Gasteiger partial charge in [0.25, 0.3) is 0 Å². The van der Waals surface area contributed by atoms with Crippen molar-refractivity contribution in [3.05, 3.63) is 0 Å². The molecule has 0 aromatic heterocycles. The molecule has 1 amide bonds. The van der Waals surface area contributed by atoms with E-state index in [-0.39, 0.29) is 12.5 Å². The Labute approximate surface area is 91.7 Å². The molecule has 0 rings (SSSR count). The number of carbonyl (C=O) groups excluding carboxylic acids is 1. The number of hydrogen-bond acceptors (Lipinski definition) is 2. The summed E-state index contributed by atoms with van der Waals surface area (Å²) in [6, 6.07) is 0.303. The minimum absolute atomic E-state index is 0.0570. The molecule has 0 atom stereocenters. The van der Waals surface area contributed by atoms with Crippen molar-refractivity contribution >= 4 is 11.9 Å². The summed E-state index contributed by atoms with van der Waals surface area (Å²) < 4.78 is 0. The zero-order valence-electron chi connectivity index (χ0n) is 10.1. The lowest BCUT2D eigenvalue weighted by atomic mass is 10.4. The zero-order valence-corrected chi connectivity index (χ0v) is 10.1. The first-order chi connectivity index (χ1) is 7.10. The predicted octanol–water partition coefficient (Wildman–Crippen LogP) is 0.0860. The highest BCUT2D eigenvalue weighted by Gasteiger charge is 2.01. The molecule has 88 valence electrons. The van der Waals surface area contributed by atoms with Crippen LogP contribution in [-0.4, -0.2) is 37.5 Å². The van der Waals surface area contributed by atoms with Crippen LogP contribution in [0.25, 0.3) is 0 Å². The summed E-state index contributed by atoms with van der Waals surface area (Å²) in [4.78, 5) is 15.3. The van der Waals surface area contributed by atoms with Gasteiger partial charge in [0.1, 0.15) is 6.54 Å². The van der Waals surface area contributed by atoms with Crippen molar-refractivity contribution < 1.29 is 4.79 Å². The third-order valence-corrected chi connectivity index (χ3v) is 1.52. The Balaban J connectivity index is 4.09. The number of aliphatic imine (C=N–C) groups is 1. The van der Waals surface area contributed by atoms with Crippen LogP contribution >= 0.6 is 0 Å². The van der Waals surface area contributed by atoms with Gasteiger partial charge in [-0.1, -0.05) is 0 Å². The molecule has 0 aromatic carbocycles. The van der Waals surface area contributed by atoms with Crippen LogP contribution in [0.15, 0.2) is 4.99 Å². The molecule has 3 N–H and O–H groups in total. The van der Waals surface area contributed by atoms with E-state index in [0.717, 1.165) is 6.54 Å². The largest absolute Gasteiger partial charge is 0.357 e. The lowest BCUT2D eigenvalue weighted by Crippen LogP contribution is -2.41. The van der Waals surface area contributed by atoms with Crippen molar-refractivity contribution in [2.24, 2.45) is 4.99 Å². The summed E-state index contributed by atoms with van der Waals surface area (Å²) in [5.41, 5.74) is 0. The summed E-state index contributed by atoms with van der Waals surface area (Å²) in [7, 11) is 0. The molecule has 0 unspecified atom stereocenters. The molecule has 0 bridgehead atoms.